The van der Waals surface area contributed by atoms with E-state index in [1.807, 2.05) is 0 Å². The fourth-order valence-electron chi connectivity index (χ4n) is 2.86. The third-order valence-electron chi connectivity index (χ3n) is 4.10. The van der Waals surface area contributed by atoms with Gasteiger partial charge in [-0.15, -0.1) is 0 Å². The molecule has 0 radical (unpaired) electrons. The Morgan fingerprint density at radius 1 is 1.25 bits per heavy atom. The molecule has 2 aromatic rings. The van der Waals surface area contributed by atoms with Crippen LogP contribution < -0.4 is 11.0 Å². The second-order valence-electron chi connectivity index (χ2n) is 5.90. The Labute approximate surface area is 139 Å². The van der Waals surface area contributed by atoms with Gasteiger partial charge in [-0.1, -0.05) is 18.6 Å². The molecule has 1 aromatic heterocycles. The van der Waals surface area contributed by atoms with Crippen LogP contribution >= 0.6 is 0 Å². The summed E-state index contributed by atoms with van der Waals surface area (Å²) in [5.74, 6) is 0.476. The van der Waals surface area contributed by atoms with E-state index in [4.69, 9.17) is 5.26 Å². The molecule has 0 spiro atoms. The molecule has 24 heavy (non-hydrogen) atoms. The van der Waals surface area contributed by atoms with Crippen molar-refractivity contribution >= 4 is 11.6 Å². The number of rotatable bonds is 4. The molecule has 0 fully saturated rings. The Morgan fingerprint density at radius 3 is 2.79 bits per heavy atom. The third kappa shape index (κ3) is 3.54. The molecule has 7 nitrogen and oxygen atoms in total. The first-order chi connectivity index (χ1) is 11.7. The van der Waals surface area contributed by atoms with E-state index in [0.717, 1.165) is 37.1 Å². The molecule has 124 valence electrons. The largest absolute Gasteiger partial charge is 0.346 e. The molecule has 0 aliphatic carbocycles. The van der Waals surface area contributed by atoms with E-state index in [1.54, 1.807) is 28.8 Å². The number of nitrogens with one attached hydrogen (secondary N) is 1. The molecule has 7 heteroatoms. The molecule has 1 aromatic carbocycles. The second kappa shape index (κ2) is 7.13. The summed E-state index contributed by atoms with van der Waals surface area (Å²) in [5.41, 5.74) is 1.31. The standard InChI is InChI=1S/C17H19N5O2/c18-10-9-13-5-7-14(8-6-13)19-16(23)12-22-17(24)21-11-3-1-2-4-15(21)20-22/h5-8H,1-4,9,11-12H2,(H,19,23). The van der Waals surface area contributed by atoms with Gasteiger partial charge in [-0.05, 0) is 30.5 Å². The van der Waals surface area contributed by atoms with E-state index >= 15 is 0 Å². The highest BCUT2D eigenvalue weighted by Gasteiger charge is 2.17. The van der Waals surface area contributed by atoms with Crippen molar-refractivity contribution in [1.82, 2.24) is 14.3 Å². The summed E-state index contributed by atoms with van der Waals surface area (Å²) in [6.07, 6.45) is 4.22. The van der Waals surface area contributed by atoms with Gasteiger partial charge in [-0.2, -0.15) is 10.4 Å². The van der Waals surface area contributed by atoms with Crippen molar-refractivity contribution in [2.75, 3.05) is 5.32 Å². The Hall–Kier alpha value is -2.88. The second-order valence-corrected chi connectivity index (χ2v) is 5.90. The Morgan fingerprint density at radius 2 is 2.04 bits per heavy atom. The van der Waals surface area contributed by atoms with Crippen molar-refractivity contribution in [3.8, 4) is 6.07 Å². The highest BCUT2D eigenvalue weighted by molar-refractivity contribution is 5.90. The zero-order chi connectivity index (χ0) is 16.9. The maximum absolute atomic E-state index is 12.3. The van der Waals surface area contributed by atoms with Gasteiger partial charge in [0.2, 0.25) is 5.91 Å². The van der Waals surface area contributed by atoms with Gasteiger partial charge in [0.25, 0.3) is 0 Å². The van der Waals surface area contributed by atoms with Crippen molar-refractivity contribution in [3.05, 3.63) is 46.1 Å². The maximum atomic E-state index is 12.3. The van der Waals surface area contributed by atoms with Crippen LogP contribution in [0.5, 0.6) is 0 Å². The lowest BCUT2D eigenvalue weighted by Crippen LogP contribution is -2.30. The van der Waals surface area contributed by atoms with Gasteiger partial charge in [-0.25, -0.2) is 9.48 Å². The molecule has 1 amide bonds. The smallest absolute Gasteiger partial charge is 0.324 e. The van der Waals surface area contributed by atoms with Gasteiger partial charge in [0.05, 0.1) is 12.5 Å². The van der Waals surface area contributed by atoms with Crippen LogP contribution in [0.15, 0.2) is 29.1 Å². The molecule has 0 saturated heterocycles. The van der Waals surface area contributed by atoms with Crippen LogP contribution in [0.1, 0.15) is 30.7 Å². The summed E-state index contributed by atoms with van der Waals surface area (Å²) >= 11 is 0. The molecular weight excluding hydrogens is 306 g/mol. The van der Waals surface area contributed by atoms with Gasteiger partial charge in [0, 0.05) is 18.7 Å². The summed E-state index contributed by atoms with van der Waals surface area (Å²) < 4.78 is 2.91. The van der Waals surface area contributed by atoms with E-state index in [2.05, 4.69) is 16.5 Å². The molecule has 3 rings (SSSR count). The lowest BCUT2D eigenvalue weighted by atomic mass is 10.1. The number of carbonyl (C=O) groups is 1. The molecule has 1 aliphatic heterocycles. The lowest BCUT2D eigenvalue weighted by Gasteiger charge is -2.05. The number of hydrogen-bond donors (Lipinski definition) is 1. The van der Waals surface area contributed by atoms with Crippen LogP contribution in [0.25, 0.3) is 0 Å². The normalized spacial score (nSPS) is 13.6. The Kier molecular flexibility index (Phi) is 4.75. The number of nitrogens with zero attached hydrogens (tertiary/aromatic N) is 4. The zero-order valence-electron chi connectivity index (χ0n) is 13.4. The van der Waals surface area contributed by atoms with Crippen molar-refractivity contribution < 1.29 is 4.79 Å². The van der Waals surface area contributed by atoms with Crippen LogP contribution in [0, 0.1) is 11.3 Å². The Bertz CT molecular complexity index is 826. The topological polar surface area (TPSA) is 92.7 Å². The monoisotopic (exact) mass is 325 g/mol. The van der Waals surface area contributed by atoms with Gasteiger partial charge in [0.15, 0.2) is 0 Å². The van der Waals surface area contributed by atoms with Crippen molar-refractivity contribution in [3.63, 3.8) is 0 Å². The first-order valence-electron chi connectivity index (χ1n) is 8.09. The molecule has 0 atom stereocenters. The predicted molar refractivity (Wildman–Crippen MR) is 88.4 cm³/mol. The number of hydrogen-bond acceptors (Lipinski definition) is 4. The number of benzene rings is 1. The van der Waals surface area contributed by atoms with Crippen molar-refractivity contribution in [2.45, 2.75) is 45.2 Å². The molecule has 1 N–H and O–H groups in total. The molecule has 2 heterocycles. The highest BCUT2D eigenvalue weighted by atomic mass is 16.2. The quantitative estimate of drug-likeness (QED) is 0.921. The zero-order valence-corrected chi connectivity index (χ0v) is 13.4. The van der Waals surface area contributed by atoms with E-state index in [1.165, 1.54) is 4.68 Å². The summed E-state index contributed by atoms with van der Waals surface area (Å²) in [6.45, 7) is 0.578. The van der Waals surface area contributed by atoms with Crippen LogP contribution in [0.4, 0.5) is 5.69 Å². The highest BCUT2D eigenvalue weighted by Crippen LogP contribution is 2.11. The fraction of sp³-hybridized carbons (Fsp3) is 0.412. The van der Waals surface area contributed by atoms with Crippen LogP contribution in [0.2, 0.25) is 0 Å². The average molecular weight is 325 g/mol. The van der Waals surface area contributed by atoms with Gasteiger partial charge < -0.3 is 5.32 Å². The lowest BCUT2D eigenvalue weighted by molar-refractivity contribution is -0.117. The van der Waals surface area contributed by atoms with Crippen LogP contribution in [0.3, 0.4) is 0 Å². The van der Waals surface area contributed by atoms with E-state index < -0.39 is 0 Å². The predicted octanol–water partition coefficient (Wildman–Crippen LogP) is 1.48. The first-order valence-corrected chi connectivity index (χ1v) is 8.09. The van der Waals surface area contributed by atoms with Crippen molar-refractivity contribution in [2.24, 2.45) is 0 Å². The fourth-order valence-corrected chi connectivity index (χ4v) is 2.86. The van der Waals surface area contributed by atoms with Crippen LogP contribution in [-0.4, -0.2) is 20.3 Å². The summed E-state index contributed by atoms with van der Waals surface area (Å²) in [4.78, 5) is 24.5. The molecule has 0 saturated carbocycles. The number of nitriles is 1. The SMILES string of the molecule is N#CCc1ccc(NC(=O)Cn2nc3n(c2=O)CCCCC3)cc1. The molecule has 1 aliphatic rings. The summed E-state index contributed by atoms with van der Waals surface area (Å²) in [6, 6.07) is 9.16. The van der Waals surface area contributed by atoms with Crippen LogP contribution in [-0.2, 0) is 30.7 Å². The summed E-state index contributed by atoms with van der Waals surface area (Å²) in [5, 5.41) is 15.7. The average Bonchev–Trinajstić information content (AvgIpc) is 2.75. The van der Waals surface area contributed by atoms with Gasteiger partial charge >= 0.3 is 5.69 Å². The van der Waals surface area contributed by atoms with Gasteiger partial charge in [0.1, 0.15) is 12.4 Å². The maximum Gasteiger partial charge on any atom is 0.346 e. The minimum Gasteiger partial charge on any atom is -0.324 e. The number of carbonyl (C=O) groups excluding carboxylic acids is 1. The third-order valence-corrected chi connectivity index (χ3v) is 4.10. The van der Waals surface area contributed by atoms with E-state index in [-0.39, 0.29) is 18.1 Å². The number of aryl methyl sites for hydroxylation is 1. The molecule has 0 unspecified atom stereocenters. The first kappa shape index (κ1) is 16.0. The number of fused-ring (bicyclic) bond motifs is 1. The minimum absolute atomic E-state index is 0.0984. The van der Waals surface area contributed by atoms with Gasteiger partial charge in [-0.3, -0.25) is 9.36 Å². The van der Waals surface area contributed by atoms with E-state index in [0.29, 0.717) is 18.7 Å². The molecule has 0 bridgehead atoms. The molecular formula is C17H19N5O2. The number of anilines is 1. The number of amides is 1. The Balaban J connectivity index is 1.67. The minimum atomic E-state index is -0.293. The van der Waals surface area contributed by atoms with E-state index in [9.17, 15) is 9.59 Å². The van der Waals surface area contributed by atoms with Crippen molar-refractivity contribution in [1.29, 1.82) is 5.26 Å². The number of aromatic nitrogens is 3. The summed E-state index contributed by atoms with van der Waals surface area (Å²) in [7, 11) is 0.